The van der Waals surface area contributed by atoms with Crippen molar-refractivity contribution in [1.29, 1.82) is 0 Å². The number of nitrogens with one attached hydrogen (secondary N) is 1. The number of carbonyl (C=O) groups excluding carboxylic acids is 1. The Hall–Kier alpha value is -3.16. The Morgan fingerprint density at radius 3 is 2.75 bits per heavy atom. The highest BCUT2D eigenvalue weighted by molar-refractivity contribution is 9.10. The lowest BCUT2D eigenvalue weighted by Gasteiger charge is -2.17. The predicted molar refractivity (Wildman–Crippen MR) is 137 cm³/mol. The van der Waals surface area contributed by atoms with Crippen molar-refractivity contribution in [2.45, 2.75) is 39.0 Å². The van der Waals surface area contributed by atoms with E-state index >= 15 is 0 Å². The lowest BCUT2D eigenvalue weighted by atomic mass is 10.1. The second-order valence-corrected chi connectivity index (χ2v) is 15.7. The fourth-order valence-electron chi connectivity index (χ4n) is 3.44. The Labute approximate surface area is 215 Å². The van der Waals surface area contributed by atoms with Crippen molar-refractivity contribution in [3.8, 4) is 17.0 Å². The summed E-state index contributed by atoms with van der Waals surface area (Å²) in [5.74, 6) is -0.558. The van der Waals surface area contributed by atoms with Gasteiger partial charge in [0, 0.05) is 30.9 Å². The van der Waals surface area contributed by atoms with Crippen LogP contribution in [0.2, 0.25) is 25.7 Å². The van der Waals surface area contributed by atoms with E-state index in [0.29, 0.717) is 28.0 Å². The molecule has 4 rings (SSSR count). The Kier molecular flexibility index (Phi) is 7.81. The van der Waals surface area contributed by atoms with Gasteiger partial charge in [-0.15, -0.1) is 0 Å². The Morgan fingerprint density at radius 2 is 2.00 bits per heavy atom. The molecule has 3 aromatic heterocycles. The fraction of sp³-hybridized carbons (Fsp3) is 0.304. The number of imidazole rings is 1. The molecule has 1 amide bonds. The number of aromatic nitrogens is 5. The molecule has 1 N–H and O–H groups in total. The monoisotopic (exact) mass is 578 g/mol. The molecule has 190 valence electrons. The van der Waals surface area contributed by atoms with E-state index in [1.807, 2.05) is 0 Å². The first-order valence-corrected chi connectivity index (χ1v) is 15.6. The van der Waals surface area contributed by atoms with Gasteiger partial charge in [0.25, 0.3) is 5.91 Å². The number of nitrogens with zero attached hydrogens (tertiary/aromatic N) is 5. The summed E-state index contributed by atoms with van der Waals surface area (Å²) in [6.07, 6.45) is 4.40. The van der Waals surface area contributed by atoms with E-state index < -0.39 is 20.6 Å². The molecule has 3 heterocycles. The van der Waals surface area contributed by atoms with Crippen LogP contribution in [-0.2, 0) is 11.5 Å². The maximum atomic E-state index is 13.2. The summed E-state index contributed by atoms with van der Waals surface area (Å²) in [7, 11) is -1.31. The van der Waals surface area contributed by atoms with Crippen LogP contribution in [0, 0.1) is 0 Å². The average molecular weight is 579 g/mol. The van der Waals surface area contributed by atoms with E-state index in [1.54, 1.807) is 30.5 Å². The van der Waals surface area contributed by atoms with Crippen LogP contribution < -0.4 is 10.1 Å². The minimum absolute atomic E-state index is 0.0630. The van der Waals surface area contributed by atoms with E-state index in [9.17, 15) is 13.6 Å². The van der Waals surface area contributed by atoms with E-state index in [1.165, 1.54) is 27.7 Å². The molecule has 0 atom stereocenters. The predicted octanol–water partition coefficient (Wildman–Crippen LogP) is 5.52. The molecule has 0 spiro atoms. The van der Waals surface area contributed by atoms with Gasteiger partial charge in [0.05, 0.1) is 23.8 Å². The highest BCUT2D eigenvalue weighted by Crippen LogP contribution is 2.38. The van der Waals surface area contributed by atoms with Gasteiger partial charge in [-0.25, -0.2) is 14.2 Å². The summed E-state index contributed by atoms with van der Waals surface area (Å²) in [6, 6.07) is 9.03. The molecule has 36 heavy (non-hydrogen) atoms. The van der Waals surface area contributed by atoms with Crippen LogP contribution in [-0.4, -0.2) is 51.6 Å². The second-order valence-electron chi connectivity index (χ2n) is 9.16. The largest absolute Gasteiger partial charge is 0.434 e. The minimum atomic E-state index is -3.03. The molecule has 0 aliphatic heterocycles. The summed E-state index contributed by atoms with van der Waals surface area (Å²) in [6.45, 7) is 4.29. The van der Waals surface area contributed by atoms with Gasteiger partial charge in [0.1, 0.15) is 12.5 Å². The number of anilines is 1. The van der Waals surface area contributed by atoms with Crippen LogP contribution in [0.3, 0.4) is 0 Å². The van der Waals surface area contributed by atoms with Gasteiger partial charge in [-0.1, -0.05) is 35.6 Å². The van der Waals surface area contributed by atoms with Crippen molar-refractivity contribution in [3.05, 3.63) is 59.1 Å². The molecule has 1 aromatic carbocycles. The van der Waals surface area contributed by atoms with Crippen LogP contribution in [0.25, 0.3) is 16.9 Å². The number of halogens is 3. The number of rotatable bonds is 10. The lowest BCUT2D eigenvalue weighted by Crippen LogP contribution is -2.22. The van der Waals surface area contributed by atoms with Crippen molar-refractivity contribution in [2.24, 2.45) is 0 Å². The number of fused-ring (bicyclic) bond motifs is 1. The third kappa shape index (κ3) is 6.15. The molecule has 0 saturated carbocycles. The van der Waals surface area contributed by atoms with E-state index in [2.05, 4.69) is 56.1 Å². The first kappa shape index (κ1) is 25.9. The number of ether oxygens (including phenoxy) is 2. The topological polar surface area (TPSA) is 95.6 Å². The lowest BCUT2D eigenvalue weighted by molar-refractivity contribution is -0.0495. The first-order chi connectivity index (χ1) is 17.1. The van der Waals surface area contributed by atoms with Gasteiger partial charge in [0.15, 0.2) is 11.3 Å². The second kappa shape index (κ2) is 10.8. The third-order valence-electron chi connectivity index (χ3n) is 5.22. The SMILES string of the molecule is C[Si](C)(C)CCOCn1ncc(NC(=O)c2cnc3cccnn23)c1-c1cc(Br)ccc1OC(F)F. The van der Waals surface area contributed by atoms with E-state index in [0.717, 1.165) is 6.04 Å². The molecule has 0 radical (unpaired) electrons. The summed E-state index contributed by atoms with van der Waals surface area (Å²) >= 11 is 3.39. The van der Waals surface area contributed by atoms with Gasteiger partial charge in [-0.3, -0.25) is 4.79 Å². The Morgan fingerprint density at radius 1 is 1.19 bits per heavy atom. The smallest absolute Gasteiger partial charge is 0.387 e. The number of hydrogen-bond donors (Lipinski definition) is 1. The number of alkyl halides is 2. The number of benzene rings is 1. The van der Waals surface area contributed by atoms with E-state index in [-0.39, 0.29) is 23.9 Å². The highest BCUT2D eigenvalue weighted by Gasteiger charge is 2.23. The molecule has 0 saturated heterocycles. The van der Waals surface area contributed by atoms with Gasteiger partial charge in [-0.05, 0) is 36.4 Å². The van der Waals surface area contributed by atoms with Gasteiger partial charge in [-0.2, -0.15) is 19.0 Å². The standard InChI is InChI=1S/C23H25BrF2N6O3Si/c1-36(2,3)10-9-34-14-31-21(16-11-15(24)6-7-19(16)35-23(25)26)17(12-29-31)30-22(33)18-13-27-20-5-4-8-28-32(18)20/h4-8,11-13,23H,9-10,14H2,1-3H3,(H,30,33). The van der Waals surface area contributed by atoms with Crippen LogP contribution in [0.5, 0.6) is 5.75 Å². The molecular formula is C23H25BrF2N6O3Si. The maximum Gasteiger partial charge on any atom is 0.387 e. The Balaban J connectivity index is 1.70. The van der Waals surface area contributed by atoms with Crippen molar-refractivity contribution in [3.63, 3.8) is 0 Å². The molecule has 4 aromatic rings. The van der Waals surface area contributed by atoms with Crippen LogP contribution in [0.4, 0.5) is 14.5 Å². The molecule has 0 aliphatic carbocycles. The van der Waals surface area contributed by atoms with Crippen LogP contribution >= 0.6 is 15.9 Å². The maximum absolute atomic E-state index is 13.2. The van der Waals surface area contributed by atoms with Crippen molar-refractivity contribution in [1.82, 2.24) is 24.4 Å². The van der Waals surface area contributed by atoms with Crippen molar-refractivity contribution in [2.75, 3.05) is 11.9 Å². The zero-order valence-electron chi connectivity index (χ0n) is 19.9. The van der Waals surface area contributed by atoms with Crippen molar-refractivity contribution >= 4 is 41.2 Å². The third-order valence-corrected chi connectivity index (χ3v) is 7.42. The quantitative estimate of drug-likeness (QED) is 0.196. The summed E-state index contributed by atoms with van der Waals surface area (Å²) in [5.41, 5.74) is 1.66. The highest BCUT2D eigenvalue weighted by atomic mass is 79.9. The number of amides is 1. The molecule has 0 fully saturated rings. The fourth-order valence-corrected chi connectivity index (χ4v) is 4.56. The normalized spacial score (nSPS) is 11.9. The zero-order chi connectivity index (χ0) is 25.9. The molecular weight excluding hydrogens is 554 g/mol. The molecule has 0 unspecified atom stereocenters. The molecule has 9 nitrogen and oxygen atoms in total. The van der Waals surface area contributed by atoms with Gasteiger partial charge >= 0.3 is 6.61 Å². The van der Waals surface area contributed by atoms with Gasteiger partial charge < -0.3 is 14.8 Å². The van der Waals surface area contributed by atoms with Crippen LogP contribution in [0.15, 0.2) is 53.4 Å². The number of hydrogen-bond acceptors (Lipinski definition) is 6. The molecule has 0 bridgehead atoms. The number of carbonyl (C=O) groups is 1. The summed E-state index contributed by atoms with van der Waals surface area (Å²) in [4.78, 5) is 17.3. The van der Waals surface area contributed by atoms with Crippen LogP contribution in [0.1, 0.15) is 10.5 Å². The minimum Gasteiger partial charge on any atom is -0.434 e. The zero-order valence-corrected chi connectivity index (χ0v) is 22.5. The summed E-state index contributed by atoms with van der Waals surface area (Å²) < 4.78 is 40.5. The Bertz CT molecular complexity index is 1370. The summed E-state index contributed by atoms with van der Waals surface area (Å²) in [5, 5.41) is 11.3. The molecule has 0 aliphatic rings. The van der Waals surface area contributed by atoms with Crippen molar-refractivity contribution < 1.29 is 23.0 Å². The first-order valence-electron chi connectivity index (χ1n) is 11.1. The van der Waals surface area contributed by atoms with E-state index in [4.69, 9.17) is 9.47 Å². The average Bonchev–Trinajstić information content (AvgIpc) is 3.41. The molecule has 13 heteroatoms. The van der Waals surface area contributed by atoms with Gasteiger partial charge in [0.2, 0.25) is 0 Å².